The first-order valence-electron chi connectivity index (χ1n) is 7.23. The third kappa shape index (κ3) is 3.45. The number of hydrogen-bond donors (Lipinski definition) is 0. The molecule has 4 nitrogen and oxygen atoms in total. The van der Waals surface area contributed by atoms with Crippen LogP contribution in [0.4, 0.5) is 0 Å². The largest absolute Gasteiger partial charge is 0.497 e. The summed E-state index contributed by atoms with van der Waals surface area (Å²) in [5.41, 5.74) is 2.64. The van der Waals surface area contributed by atoms with E-state index in [4.69, 9.17) is 9.47 Å². The van der Waals surface area contributed by atoms with Crippen LogP contribution in [0.25, 0.3) is 0 Å². The summed E-state index contributed by atoms with van der Waals surface area (Å²) in [5.74, 6) is 1.30. The normalized spacial score (nSPS) is 11.8. The zero-order valence-corrected chi connectivity index (χ0v) is 13.4. The predicted molar refractivity (Wildman–Crippen MR) is 85.9 cm³/mol. The van der Waals surface area contributed by atoms with Crippen LogP contribution in [-0.4, -0.2) is 25.0 Å². The second-order valence-corrected chi connectivity index (χ2v) is 5.30. The van der Waals surface area contributed by atoms with Gasteiger partial charge in [-0.3, -0.25) is 9.78 Å². The van der Waals surface area contributed by atoms with Crippen molar-refractivity contribution >= 4 is 5.78 Å². The molecule has 1 aromatic carbocycles. The minimum atomic E-state index is 0.0389. The molecule has 22 heavy (non-hydrogen) atoms. The van der Waals surface area contributed by atoms with Gasteiger partial charge in [0.1, 0.15) is 11.5 Å². The summed E-state index contributed by atoms with van der Waals surface area (Å²) in [6.45, 7) is 4.03. The van der Waals surface area contributed by atoms with Crippen molar-refractivity contribution in [2.45, 2.75) is 26.2 Å². The number of ether oxygens (including phenoxy) is 2. The summed E-state index contributed by atoms with van der Waals surface area (Å²) in [6.07, 6.45) is 2.15. The van der Waals surface area contributed by atoms with Gasteiger partial charge in [-0.1, -0.05) is 13.0 Å². The van der Waals surface area contributed by atoms with Crippen molar-refractivity contribution in [3.8, 4) is 11.5 Å². The van der Waals surface area contributed by atoms with E-state index in [9.17, 15) is 4.79 Å². The number of Topliss-reactive ketones (excluding diaryl/α,β-unsaturated/α-hetero) is 1. The Morgan fingerprint density at radius 2 is 2.00 bits per heavy atom. The van der Waals surface area contributed by atoms with E-state index in [0.29, 0.717) is 23.5 Å². The standard InChI is InChI=1S/C18H21NO3/c1-12-6-5-9-19-18(12)13(2)10-16(20)15-8-7-14(21-3)11-17(15)22-4/h5-9,11,13H,10H2,1-4H3. The number of carbonyl (C=O) groups excluding carboxylic acids is 1. The molecule has 2 rings (SSSR count). The van der Waals surface area contributed by atoms with E-state index in [2.05, 4.69) is 4.98 Å². The van der Waals surface area contributed by atoms with E-state index in [0.717, 1.165) is 11.3 Å². The van der Waals surface area contributed by atoms with Gasteiger partial charge < -0.3 is 9.47 Å². The number of pyridine rings is 1. The van der Waals surface area contributed by atoms with Crippen molar-refractivity contribution in [3.05, 3.63) is 53.3 Å². The number of hydrogen-bond acceptors (Lipinski definition) is 4. The second kappa shape index (κ2) is 7.07. The maximum absolute atomic E-state index is 12.6. The minimum Gasteiger partial charge on any atom is -0.497 e. The number of ketones is 1. The average molecular weight is 299 g/mol. The lowest BCUT2D eigenvalue weighted by Gasteiger charge is -2.14. The summed E-state index contributed by atoms with van der Waals surface area (Å²) >= 11 is 0. The fraction of sp³-hybridized carbons (Fsp3) is 0.333. The van der Waals surface area contributed by atoms with Gasteiger partial charge in [0.05, 0.1) is 19.8 Å². The zero-order chi connectivity index (χ0) is 16.1. The molecule has 1 unspecified atom stereocenters. The van der Waals surface area contributed by atoms with E-state index in [1.807, 2.05) is 26.0 Å². The van der Waals surface area contributed by atoms with Gasteiger partial charge in [-0.05, 0) is 30.7 Å². The first kappa shape index (κ1) is 16.0. The molecular weight excluding hydrogens is 278 g/mol. The number of rotatable bonds is 6. The Morgan fingerprint density at radius 3 is 2.64 bits per heavy atom. The van der Waals surface area contributed by atoms with Crippen LogP contribution in [0, 0.1) is 6.92 Å². The molecule has 0 saturated carbocycles. The summed E-state index contributed by atoms with van der Waals surface area (Å²) in [7, 11) is 3.14. The van der Waals surface area contributed by atoms with Crippen molar-refractivity contribution in [1.29, 1.82) is 0 Å². The Balaban J connectivity index is 2.20. The van der Waals surface area contributed by atoms with Crippen molar-refractivity contribution in [2.75, 3.05) is 14.2 Å². The molecule has 0 spiro atoms. The predicted octanol–water partition coefficient (Wildman–Crippen LogP) is 3.78. The van der Waals surface area contributed by atoms with Crippen LogP contribution >= 0.6 is 0 Å². The highest BCUT2D eigenvalue weighted by atomic mass is 16.5. The number of benzene rings is 1. The SMILES string of the molecule is COc1ccc(C(=O)CC(C)c2ncccc2C)c(OC)c1. The van der Waals surface area contributed by atoms with Crippen molar-refractivity contribution in [3.63, 3.8) is 0 Å². The summed E-state index contributed by atoms with van der Waals surface area (Å²) in [5, 5.41) is 0. The summed E-state index contributed by atoms with van der Waals surface area (Å²) < 4.78 is 10.5. The van der Waals surface area contributed by atoms with E-state index < -0.39 is 0 Å². The Hall–Kier alpha value is -2.36. The highest BCUT2D eigenvalue weighted by molar-refractivity contribution is 5.99. The number of carbonyl (C=O) groups is 1. The molecule has 4 heteroatoms. The van der Waals surface area contributed by atoms with Crippen LogP contribution < -0.4 is 9.47 Å². The molecule has 1 heterocycles. The van der Waals surface area contributed by atoms with Crippen LogP contribution in [0.5, 0.6) is 11.5 Å². The number of nitrogens with zero attached hydrogens (tertiary/aromatic N) is 1. The van der Waals surface area contributed by atoms with Gasteiger partial charge in [0.2, 0.25) is 0 Å². The van der Waals surface area contributed by atoms with E-state index in [1.54, 1.807) is 38.6 Å². The number of aromatic nitrogens is 1. The van der Waals surface area contributed by atoms with Gasteiger partial charge in [0.15, 0.2) is 5.78 Å². The van der Waals surface area contributed by atoms with Gasteiger partial charge in [-0.2, -0.15) is 0 Å². The average Bonchev–Trinajstić information content (AvgIpc) is 2.54. The molecule has 0 amide bonds. The quantitative estimate of drug-likeness (QED) is 0.762. The molecule has 0 bridgehead atoms. The maximum atomic E-state index is 12.6. The van der Waals surface area contributed by atoms with Crippen molar-refractivity contribution < 1.29 is 14.3 Å². The molecule has 2 aromatic rings. The highest BCUT2D eigenvalue weighted by Gasteiger charge is 2.19. The molecule has 0 aliphatic carbocycles. The Bertz CT molecular complexity index is 667. The molecule has 0 N–H and O–H groups in total. The lowest BCUT2D eigenvalue weighted by molar-refractivity contribution is 0.0972. The molecular formula is C18H21NO3. The van der Waals surface area contributed by atoms with Gasteiger partial charge in [0.25, 0.3) is 0 Å². The number of aryl methyl sites for hydroxylation is 1. The van der Waals surface area contributed by atoms with E-state index in [1.165, 1.54) is 0 Å². The lowest BCUT2D eigenvalue weighted by atomic mass is 9.94. The Kier molecular flexibility index (Phi) is 5.15. The van der Waals surface area contributed by atoms with Gasteiger partial charge in [0, 0.05) is 30.3 Å². The lowest BCUT2D eigenvalue weighted by Crippen LogP contribution is -2.09. The van der Waals surface area contributed by atoms with E-state index >= 15 is 0 Å². The minimum absolute atomic E-state index is 0.0389. The van der Waals surface area contributed by atoms with Crippen LogP contribution in [0.1, 0.15) is 40.9 Å². The van der Waals surface area contributed by atoms with Crippen LogP contribution in [0.3, 0.4) is 0 Å². The van der Waals surface area contributed by atoms with Crippen LogP contribution in [0.2, 0.25) is 0 Å². The van der Waals surface area contributed by atoms with Crippen molar-refractivity contribution in [2.24, 2.45) is 0 Å². The zero-order valence-electron chi connectivity index (χ0n) is 13.4. The van der Waals surface area contributed by atoms with E-state index in [-0.39, 0.29) is 11.7 Å². The van der Waals surface area contributed by atoms with Crippen LogP contribution in [-0.2, 0) is 0 Å². The molecule has 0 saturated heterocycles. The second-order valence-electron chi connectivity index (χ2n) is 5.30. The molecule has 116 valence electrons. The number of methoxy groups -OCH3 is 2. The third-order valence-electron chi connectivity index (χ3n) is 3.72. The first-order valence-corrected chi connectivity index (χ1v) is 7.23. The third-order valence-corrected chi connectivity index (χ3v) is 3.72. The van der Waals surface area contributed by atoms with Crippen LogP contribution in [0.15, 0.2) is 36.5 Å². The molecule has 0 radical (unpaired) electrons. The van der Waals surface area contributed by atoms with Gasteiger partial charge in [-0.25, -0.2) is 0 Å². The fourth-order valence-electron chi connectivity index (χ4n) is 2.53. The fourth-order valence-corrected chi connectivity index (χ4v) is 2.53. The molecule has 0 aliphatic rings. The maximum Gasteiger partial charge on any atom is 0.167 e. The van der Waals surface area contributed by atoms with Gasteiger partial charge >= 0.3 is 0 Å². The molecule has 1 atom stereocenters. The highest BCUT2D eigenvalue weighted by Crippen LogP contribution is 2.28. The first-order chi connectivity index (χ1) is 10.6. The smallest absolute Gasteiger partial charge is 0.167 e. The Labute approximate surface area is 131 Å². The molecule has 0 fully saturated rings. The monoisotopic (exact) mass is 299 g/mol. The molecule has 1 aromatic heterocycles. The topological polar surface area (TPSA) is 48.4 Å². The summed E-state index contributed by atoms with van der Waals surface area (Å²) in [6, 6.07) is 9.16. The van der Waals surface area contributed by atoms with Gasteiger partial charge in [-0.15, -0.1) is 0 Å². The molecule has 0 aliphatic heterocycles. The summed E-state index contributed by atoms with van der Waals surface area (Å²) in [4.78, 5) is 17.0. The Morgan fingerprint density at radius 1 is 1.23 bits per heavy atom. The van der Waals surface area contributed by atoms with Crippen molar-refractivity contribution in [1.82, 2.24) is 4.98 Å².